The summed E-state index contributed by atoms with van der Waals surface area (Å²) in [5.41, 5.74) is -1.77. The summed E-state index contributed by atoms with van der Waals surface area (Å²) in [6, 6.07) is -1.24. The molecule has 1 rings (SSSR count). The number of halogens is 2. The van der Waals surface area contributed by atoms with Crippen molar-refractivity contribution in [2.75, 3.05) is 19.8 Å². The Bertz CT molecular complexity index is 299. The van der Waals surface area contributed by atoms with E-state index in [4.69, 9.17) is 14.9 Å². The first-order valence-corrected chi connectivity index (χ1v) is 5.18. The maximum atomic E-state index is 12.0. The Morgan fingerprint density at radius 3 is 2.39 bits per heavy atom. The minimum absolute atomic E-state index is 0.419. The molecule has 0 spiro atoms. The summed E-state index contributed by atoms with van der Waals surface area (Å²) in [4.78, 5) is 10.8. The average Bonchev–Trinajstić information content (AvgIpc) is 2.36. The third kappa shape index (κ3) is 2.75. The fourth-order valence-electron chi connectivity index (χ4n) is 1.67. The number of alkyl halides is 2. The molecule has 3 atom stereocenters. The molecule has 0 aromatic heterocycles. The maximum Gasteiger partial charge on any atom is 0.315 e. The number of hydrogen-bond acceptors (Lipinski definition) is 6. The predicted octanol–water partition coefficient (Wildman–Crippen LogP) is -2.79. The van der Waals surface area contributed by atoms with Gasteiger partial charge in [0.2, 0.25) is 0 Å². The second-order valence-corrected chi connectivity index (χ2v) is 4.04. The van der Waals surface area contributed by atoms with Crippen molar-refractivity contribution < 1.29 is 38.7 Å². The molecular weight excluding hydrogens is 256 g/mol. The van der Waals surface area contributed by atoms with Crippen molar-refractivity contribution in [1.82, 2.24) is 5.32 Å². The highest BCUT2D eigenvalue weighted by atomic mass is 19.3. The Kier molecular flexibility index (Phi) is 4.93. The van der Waals surface area contributed by atoms with Gasteiger partial charge < -0.3 is 30.5 Å². The molecule has 1 aliphatic heterocycles. The van der Waals surface area contributed by atoms with Gasteiger partial charge in [-0.1, -0.05) is 0 Å². The molecule has 9 heteroatoms. The molecule has 3 unspecified atom stereocenters. The van der Waals surface area contributed by atoms with Crippen molar-refractivity contribution in [3.8, 4) is 0 Å². The van der Waals surface area contributed by atoms with E-state index in [1.165, 1.54) is 0 Å². The van der Waals surface area contributed by atoms with E-state index in [0.717, 1.165) is 0 Å². The monoisotopic (exact) mass is 271 g/mol. The summed E-state index contributed by atoms with van der Waals surface area (Å²) in [5, 5.41) is 39.2. The summed E-state index contributed by atoms with van der Waals surface area (Å²) in [6.45, 7) is -1.95. The van der Waals surface area contributed by atoms with Crippen LogP contribution in [0.4, 0.5) is 8.78 Å². The molecule has 1 aliphatic rings. The maximum absolute atomic E-state index is 12.0. The molecular formula is C9H15F2NO6. The fraction of sp³-hybridized carbons (Fsp3) is 0.889. The molecule has 1 heterocycles. The van der Waals surface area contributed by atoms with E-state index in [-0.39, 0.29) is 0 Å². The topological polar surface area (TPSA) is 119 Å². The Morgan fingerprint density at radius 1 is 1.39 bits per heavy atom. The quantitative estimate of drug-likeness (QED) is 0.377. The van der Waals surface area contributed by atoms with Gasteiger partial charge in [0.15, 0.2) is 0 Å². The molecule has 1 fully saturated rings. The molecule has 18 heavy (non-hydrogen) atoms. The Balaban J connectivity index is 2.71. The van der Waals surface area contributed by atoms with E-state index in [2.05, 4.69) is 0 Å². The summed E-state index contributed by atoms with van der Waals surface area (Å²) in [6.07, 6.45) is -6.61. The van der Waals surface area contributed by atoms with Gasteiger partial charge in [0.25, 0.3) is 5.91 Å². The van der Waals surface area contributed by atoms with Gasteiger partial charge >= 0.3 is 6.43 Å². The van der Waals surface area contributed by atoms with Crippen LogP contribution in [0.2, 0.25) is 0 Å². The van der Waals surface area contributed by atoms with E-state index in [1.54, 1.807) is 5.32 Å². The fourth-order valence-corrected chi connectivity index (χ4v) is 1.67. The van der Waals surface area contributed by atoms with Crippen LogP contribution in [-0.4, -0.2) is 76.4 Å². The number of carbonyl (C=O) groups is 1. The second kappa shape index (κ2) is 5.85. The highest BCUT2D eigenvalue weighted by Gasteiger charge is 2.49. The van der Waals surface area contributed by atoms with Gasteiger partial charge in [0.05, 0.1) is 25.9 Å². The summed E-state index contributed by atoms with van der Waals surface area (Å²) in [5.74, 6) is -1.60. The average molecular weight is 271 g/mol. The first-order valence-electron chi connectivity index (χ1n) is 5.18. The first kappa shape index (κ1) is 15.2. The summed E-state index contributed by atoms with van der Waals surface area (Å²) >= 11 is 0. The SMILES string of the molecule is O=C(NC1COC(CO)(CO)C(O)C1O)C(F)F. The van der Waals surface area contributed by atoms with Crippen molar-refractivity contribution in [2.24, 2.45) is 0 Å². The highest BCUT2D eigenvalue weighted by molar-refractivity contribution is 5.79. The van der Waals surface area contributed by atoms with Crippen LogP contribution in [0.3, 0.4) is 0 Å². The third-order valence-corrected chi connectivity index (χ3v) is 2.89. The molecule has 1 saturated heterocycles. The lowest BCUT2D eigenvalue weighted by molar-refractivity contribution is -0.235. The van der Waals surface area contributed by atoms with Crippen LogP contribution in [0.15, 0.2) is 0 Å². The van der Waals surface area contributed by atoms with Crippen LogP contribution in [0.1, 0.15) is 0 Å². The van der Waals surface area contributed by atoms with Gasteiger partial charge in [-0.05, 0) is 0 Å². The van der Waals surface area contributed by atoms with Crippen molar-refractivity contribution in [2.45, 2.75) is 30.3 Å². The van der Waals surface area contributed by atoms with Crippen LogP contribution < -0.4 is 5.32 Å². The predicted molar refractivity (Wildman–Crippen MR) is 52.8 cm³/mol. The minimum Gasteiger partial charge on any atom is -0.393 e. The van der Waals surface area contributed by atoms with Gasteiger partial charge in [-0.3, -0.25) is 4.79 Å². The molecule has 0 aliphatic carbocycles. The lowest BCUT2D eigenvalue weighted by atomic mass is 9.87. The summed E-state index contributed by atoms with van der Waals surface area (Å²) in [7, 11) is 0. The van der Waals surface area contributed by atoms with E-state index in [9.17, 15) is 23.8 Å². The number of hydrogen-bond donors (Lipinski definition) is 5. The zero-order valence-electron chi connectivity index (χ0n) is 9.29. The zero-order chi connectivity index (χ0) is 13.9. The Morgan fingerprint density at radius 2 is 1.94 bits per heavy atom. The van der Waals surface area contributed by atoms with Gasteiger partial charge in [-0.15, -0.1) is 0 Å². The number of aliphatic hydroxyl groups excluding tert-OH is 4. The number of rotatable bonds is 4. The summed E-state index contributed by atoms with van der Waals surface area (Å²) < 4.78 is 29.0. The molecule has 0 bridgehead atoms. The Labute approximate surface area is 101 Å². The molecule has 0 aromatic rings. The largest absolute Gasteiger partial charge is 0.393 e. The second-order valence-electron chi connectivity index (χ2n) is 4.04. The number of nitrogens with one attached hydrogen (secondary N) is 1. The number of carbonyl (C=O) groups excluding carboxylic acids is 1. The van der Waals surface area contributed by atoms with Crippen molar-refractivity contribution in [3.63, 3.8) is 0 Å². The molecule has 0 aromatic carbocycles. The van der Waals surface area contributed by atoms with Gasteiger partial charge in [-0.25, -0.2) is 0 Å². The molecule has 0 saturated carbocycles. The normalized spacial score (nSPS) is 31.4. The number of ether oxygens (including phenoxy) is 1. The molecule has 106 valence electrons. The van der Waals surface area contributed by atoms with Crippen molar-refractivity contribution in [1.29, 1.82) is 0 Å². The lowest BCUT2D eigenvalue weighted by Gasteiger charge is -2.44. The van der Waals surface area contributed by atoms with Crippen molar-refractivity contribution >= 4 is 5.91 Å². The van der Waals surface area contributed by atoms with E-state index in [0.29, 0.717) is 0 Å². The Hall–Kier alpha value is -0.870. The van der Waals surface area contributed by atoms with E-state index >= 15 is 0 Å². The van der Waals surface area contributed by atoms with Gasteiger partial charge in [-0.2, -0.15) is 8.78 Å². The van der Waals surface area contributed by atoms with Crippen molar-refractivity contribution in [3.05, 3.63) is 0 Å². The highest BCUT2D eigenvalue weighted by Crippen LogP contribution is 2.25. The zero-order valence-corrected chi connectivity index (χ0v) is 9.29. The third-order valence-electron chi connectivity index (χ3n) is 2.89. The smallest absolute Gasteiger partial charge is 0.315 e. The van der Waals surface area contributed by atoms with Gasteiger partial charge in [0.1, 0.15) is 17.8 Å². The van der Waals surface area contributed by atoms with Crippen LogP contribution in [-0.2, 0) is 9.53 Å². The lowest BCUT2D eigenvalue weighted by Crippen LogP contribution is -2.67. The van der Waals surface area contributed by atoms with Crippen LogP contribution in [0.25, 0.3) is 0 Å². The van der Waals surface area contributed by atoms with Crippen LogP contribution in [0, 0.1) is 0 Å². The first-order chi connectivity index (χ1) is 8.38. The molecule has 1 amide bonds. The van der Waals surface area contributed by atoms with Gasteiger partial charge in [0, 0.05) is 0 Å². The van der Waals surface area contributed by atoms with Crippen LogP contribution >= 0.6 is 0 Å². The standard InChI is InChI=1S/C9H15F2NO6/c10-7(11)8(17)12-4-1-18-9(2-13,3-14)6(16)5(4)15/h4-7,13-16H,1-3H2,(H,12,17). The van der Waals surface area contributed by atoms with Crippen LogP contribution in [0.5, 0.6) is 0 Å². The molecule has 7 nitrogen and oxygen atoms in total. The number of amides is 1. The van der Waals surface area contributed by atoms with E-state index < -0.39 is 56.0 Å². The molecule has 5 N–H and O–H groups in total. The number of aliphatic hydroxyl groups is 4. The minimum atomic E-state index is -3.25. The van der Waals surface area contributed by atoms with E-state index in [1.807, 2.05) is 0 Å². The molecule has 0 radical (unpaired) electrons.